The van der Waals surface area contributed by atoms with Gasteiger partial charge in [-0.15, -0.1) is 10.2 Å². The number of aromatic nitrogens is 5. The van der Waals surface area contributed by atoms with Crippen molar-refractivity contribution in [1.29, 1.82) is 0 Å². The van der Waals surface area contributed by atoms with Crippen molar-refractivity contribution in [3.63, 3.8) is 0 Å². The van der Waals surface area contributed by atoms with Gasteiger partial charge in [0, 0.05) is 51.5 Å². The Balaban J connectivity index is 1.39. The molecule has 140 valence electrons. The highest BCUT2D eigenvalue weighted by Gasteiger charge is 2.27. The van der Waals surface area contributed by atoms with Crippen LogP contribution in [0.25, 0.3) is 0 Å². The summed E-state index contributed by atoms with van der Waals surface area (Å²) in [5.41, 5.74) is 0.998. The van der Waals surface area contributed by atoms with Gasteiger partial charge in [0.15, 0.2) is 0 Å². The molecule has 4 heterocycles. The number of ether oxygens (including phenoxy) is 1. The molecule has 0 atom stereocenters. The van der Waals surface area contributed by atoms with Crippen molar-refractivity contribution < 1.29 is 4.74 Å². The van der Waals surface area contributed by atoms with E-state index >= 15 is 0 Å². The molecule has 0 spiro atoms. The number of anilines is 1. The average molecular weight is 357 g/mol. The lowest BCUT2D eigenvalue weighted by Gasteiger charge is -2.32. The first-order chi connectivity index (χ1) is 12.7. The fourth-order valence-electron chi connectivity index (χ4n) is 3.89. The lowest BCUT2D eigenvalue weighted by Crippen LogP contribution is -2.36. The Bertz CT molecular complexity index is 733. The SMILES string of the molecule is Cc1nccnc1N1CCC(c2nnc(CN3CCOCC3)n2C)CC1. The second-order valence-corrected chi connectivity index (χ2v) is 7.15. The number of hydrogen-bond acceptors (Lipinski definition) is 7. The topological polar surface area (TPSA) is 72.2 Å². The summed E-state index contributed by atoms with van der Waals surface area (Å²) in [6, 6.07) is 0. The molecular formula is C18H27N7O. The number of hydrogen-bond donors (Lipinski definition) is 0. The Morgan fingerprint density at radius 3 is 2.50 bits per heavy atom. The van der Waals surface area contributed by atoms with Gasteiger partial charge in [0.2, 0.25) is 0 Å². The maximum absolute atomic E-state index is 5.42. The van der Waals surface area contributed by atoms with E-state index in [-0.39, 0.29) is 0 Å². The van der Waals surface area contributed by atoms with Crippen molar-refractivity contribution in [3.05, 3.63) is 29.7 Å². The largest absolute Gasteiger partial charge is 0.379 e. The van der Waals surface area contributed by atoms with Crippen LogP contribution >= 0.6 is 0 Å². The van der Waals surface area contributed by atoms with Crippen molar-refractivity contribution in [2.45, 2.75) is 32.2 Å². The Kier molecular flexibility index (Phi) is 5.12. The molecule has 2 aliphatic rings. The van der Waals surface area contributed by atoms with Crippen LogP contribution in [0.4, 0.5) is 5.82 Å². The molecule has 0 N–H and O–H groups in total. The molecule has 0 amide bonds. The third-order valence-electron chi connectivity index (χ3n) is 5.48. The first kappa shape index (κ1) is 17.4. The van der Waals surface area contributed by atoms with E-state index in [0.29, 0.717) is 5.92 Å². The molecule has 0 saturated carbocycles. The Hall–Kier alpha value is -2.06. The molecule has 2 aromatic heterocycles. The Morgan fingerprint density at radius 1 is 1.04 bits per heavy atom. The van der Waals surface area contributed by atoms with E-state index in [1.165, 1.54) is 0 Å². The quantitative estimate of drug-likeness (QED) is 0.812. The molecule has 2 aromatic rings. The molecule has 2 fully saturated rings. The van der Waals surface area contributed by atoms with Crippen LogP contribution in [0.3, 0.4) is 0 Å². The second kappa shape index (κ2) is 7.67. The van der Waals surface area contributed by atoms with Gasteiger partial charge in [-0.25, -0.2) is 4.98 Å². The Morgan fingerprint density at radius 2 is 1.77 bits per heavy atom. The molecular weight excluding hydrogens is 330 g/mol. The highest BCUT2D eigenvalue weighted by atomic mass is 16.5. The summed E-state index contributed by atoms with van der Waals surface area (Å²) >= 11 is 0. The number of piperidine rings is 1. The molecule has 0 radical (unpaired) electrons. The summed E-state index contributed by atoms with van der Waals surface area (Å²) in [7, 11) is 2.10. The minimum Gasteiger partial charge on any atom is -0.379 e. The predicted molar refractivity (Wildman–Crippen MR) is 98.1 cm³/mol. The molecule has 8 heteroatoms. The zero-order valence-corrected chi connectivity index (χ0v) is 15.6. The van der Waals surface area contributed by atoms with Crippen LogP contribution in [-0.4, -0.2) is 69.0 Å². The molecule has 8 nitrogen and oxygen atoms in total. The van der Waals surface area contributed by atoms with Crippen LogP contribution in [0.1, 0.15) is 36.1 Å². The van der Waals surface area contributed by atoms with E-state index in [2.05, 4.69) is 41.6 Å². The van der Waals surface area contributed by atoms with Gasteiger partial charge in [0.1, 0.15) is 17.5 Å². The molecule has 2 aliphatic heterocycles. The summed E-state index contributed by atoms with van der Waals surface area (Å²) in [5, 5.41) is 9.00. The molecule has 4 rings (SSSR count). The smallest absolute Gasteiger partial charge is 0.150 e. The highest BCUT2D eigenvalue weighted by molar-refractivity contribution is 5.42. The predicted octanol–water partition coefficient (Wildman–Crippen LogP) is 1.13. The standard InChI is InChI=1S/C18H27N7O/c1-14-17(20-6-5-19-14)25-7-3-15(4-8-25)18-22-21-16(23(18)2)13-24-9-11-26-12-10-24/h5-6,15H,3-4,7-13H2,1-2H3. The van der Waals surface area contributed by atoms with Gasteiger partial charge in [-0.1, -0.05) is 0 Å². The van der Waals surface area contributed by atoms with Gasteiger partial charge in [0.25, 0.3) is 0 Å². The summed E-state index contributed by atoms with van der Waals surface area (Å²) in [4.78, 5) is 13.6. The van der Waals surface area contributed by atoms with Gasteiger partial charge in [-0.2, -0.15) is 0 Å². The summed E-state index contributed by atoms with van der Waals surface area (Å²) in [6.45, 7) is 8.40. The van der Waals surface area contributed by atoms with E-state index in [9.17, 15) is 0 Å². The Labute approximate surface area is 154 Å². The molecule has 0 aromatic carbocycles. The van der Waals surface area contributed by atoms with Crippen molar-refractivity contribution in [3.8, 4) is 0 Å². The van der Waals surface area contributed by atoms with Crippen molar-refractivity contribution >= 4 is 5.82 Å². The first-order valence-corrected chi connectivity index (χ1v) is 9.43. The van der Waals surface area contributed by atoms with E-state index < -0.39 is 0 Å². The van der Waals surface area contributed by atoms with E-state index in [1.54, 1.807) is 12.4 Å². The summed E-state index contributed by atoms with van der Waals surface area (Å²) in [6.07, 6.45) is 5.66. The van der Waals surface area contributed by atoms with Crippen LogP contribution in [0.5, 0.6) is 0 Å². The van der Waals surface area contributed by atoms with Gasteiger partial charge < -0.3 is 14.2 Å². The fourth-order valence-corrected chi connectivity index (χ4v) is 3.89. The normalized spacial score (nSPS) is 19.8. The fraction of sp³-hybridized carbons (Fsp3) is 0.667. The number of rotatable bonds is 4. The third-order valence-corrected chi connectivity index (χ3v) is 5.48. The number of morpholine rings is 1. The van der Waals surface area contributed by atoms with Gasteiger partial charge >= 0.3 is 0 Å². The van der Waals surface area contributed by atoms with Crippen LogP contribution in [0.15, 0.2) is 12.4 Å². The number of nitrogens with zero attached hydrogens (tertiary/aromatic N) is 7. The summed E-state index contributed by atoms with van der Waals surface area (Å²) < 4.78 is 7.62. The van der Waals surface area contributed by atoms with Crippen molar-refractivity contribution in [1.82, 2.24) is 29.6 Å². The molecule has 2 saturated heterocycles. The number of aryl methyl sites for hydroxylation is 1. The maximum Gasteiger partial charge on any atom is 0.150 e. The molecule has 0 aliphatic carbocycles. The van der Waals surface area contributed by atoms with Gasteiger partial charge in [-0.05, 0) is 19.8 Å². The lowest BCUT2D eigenvalue weighted by molar-refractivity contribution is 0.0326. The monoisotopic (exact) mass is 357 g/mol. The van der Waals surface area contributed by atoms with Crippen molar-refractivity contribution in [2.75, 3.05) is 44.3 Å². The summed E-state index contributed by atoms with van der Waals surface area (Å²) in [5.74, 6) is 3.63. The lowest BCUT2D eigenvalue weighted by atomic mass is 9.96. The van der Waals surface area contributed by atoms with Crippen LogP contribution < -0.4 is 4.90 Å². The third kappa shape index (κ3) is 3.57. The van der Waals surface area contributed by atoms with E-state index in [1.807, 2.05) is 6.92 Å². The molecule has 0 bridgehead atoms. The first-order valence-electron chi connectivity index (χ1n) is 9.43. The molecule has 0 unspecified atom stereocenters. The second-order valence-electron chi connectivity index (χ2n) is 7.15. The zero-order valence-electron chi connectivity index (χ0n) is 15.6. The van der Waals surface area contributed by atoms with E-state index in [0.717, 1.165) is 81.9 Å². The van der Waals surface area contributed by atoms with Crippen LogP contribution in [-0.2, 0) is 18.3 Å². The average Bonchev–Trinajstić information content (AvgIpc) is 3.04. The molecule has 26 heavy (non-hydrogen) atoms. The minimum absolute atomic E-state index is 0.458. The van der Waals surface area contributed by atoms with Crippen LogP contribution in [0.2, 0.25) is 0 Å². The van der Waals surface area contributed by atoms with Crippen LogP contribution in [0, 0.1) is 6.92 Å². The zero-order chi connectivity index (χ0) is 17.9. The van der Waals surface area contributed by atoms with Gasteiger partial charge in [0.05, 0.1) is 25.5 Å². The maximum atomic E-state index is 5.42. The van der Waals surface area contributed by atoms with E-state index in [4.69, 9.17) is 4.74 Å². The minimum atomic E-state index is 0.458. The van der Waals surface area contributed by atoms with Crippen molar-refractivity contribution in [2.24, 2.45) is 7.05 Å². The highest BCUT2D eigenvalue weighted by Crippen LogP contribution is 2.29. The van der Waals surface area contributed by atoms with Gasteiger partial charge in [-0.3, -0.25) is 9.88 Å².